The molecule has 0 saturated heterocycles. The van der Waals surface area contributed by atoms with Crippen molar-refractivity contribution in [2.24, 2.45) is 5.92 Å². The van der Waals surface area contributed by atoms with Crippen LogP contribution in [0.4, 0.5) is 8.78 Å². The van der Waals surface area contributed by atoms with Crippen LogP contribution in [0.25, 0.3) is 11.8 Å². The Hall–Kier alpha value is -4.84. The summed E-state index contributed by atoms with van der Waals surface area (Å²) in [4.78, 5) is 20.8. The van der Waals surface area contributed by atoms with Gasteiger partial charge in [-0.2, -0.15) is 14.5 Å². The molecule has 2 atom stereocenters. The zero-order chi connectivity index (χ0) is 28.1. The number of hydrogen-bond acceptors (Lipinski definition) is 7. The lowest BCUT2D eigenvalue weighted by atomic mass is 9.80. The number of allylic oxidation sites excluding steroid dienone is 1. The normalized spacial score (nSPS) is 13.9. The van der Waals surface area contributed by atoms with E-state index in [1.165, 1.54) is 32.8 Å². The predicted octanol–water partition coefficient (Wildman–Crippen LogP) is 3.37. The molecule has 1 N–H and O–H groups in total. The summed E-state index contributed by atoms with van der Waals surface area (Å²) in [5.41, 5.74) is 0.0110. The Labute approximate surface area is 227 Å². The first kappa shape index (κ1) is 26.8. The molecular formula is C28H26F2N8O2. The first-order chi connectivity index (χ1) is 19.3. The van der Waals surface area contributed by atoms with Crippen molar-refractivity contribution in [1.82, 2.24) is 39.5 Å². The van der Waals surface area contributed by atoms with Gasteiger partial charge in [0.25, 0.3) is 0 Å². The van der Waals surface area contributed by atoms with Crippen LogP contribution in [-0.4, -0.2) is 44.6 Å². The molecular weight excluding hydrogens is 518 g/mol. The molecule has 0 radical (unpaired) electrons. The lowest BCUT2D eigenvalue weighted by Gasteiger charge is -2.34. The molecule has 2 aromatic carbocycles. The van der Waals surface area contributed by atoms with Gasteiger partial charge in [0.2, 0.25) is 0 Å². The highest BCUT2D eigenvalue weighted by atomic mass is 19.1. The smallest absolute Gasteiger partial charge is 0.368 e. The number of hydrogen-bond donors (Lipinski definition) is 1. The number of aromatic nitrogens is 8. The zero-order valence-electron chi connectivity index (χ0n) is 21.5. The molecule has 0 bridgehead atoms. The summed E-state index contributed by atoms with van der Waals surface area (Å²) in [6.45, 7) is 1.94. The summed E-state index contributed by atoms with van der Waals surface area (Å²) in [5, 5.41) is 23.6. The molecule has 12 heteroatoms. The van der Waals surface area contributed by atoms with Crippen molar-refractivity contribution in [2.75, 3.05) is 0 Å². The second-order valence-corrected chi connectivity index (χ2v) is 9.42. The van der Waals surface area contributed by atoms with Crippen molar-refractivity contribution >= 4 is 6.08 Å². The van der Waals surface area contributed by atoms with E-state index < -0.39 is 23.2 Å². The first-order valence-corrected chi connectivity index (χ1v) is 12.5. The van der Waals surface area contributed by atoms with Crippen LogP contribution in [-0.2, 0) is 18.7 Å². The first-order valence-electron chi connectivity index (χ1n) is 12.5. The molecule has 5 aromatic rings. The van der Waals surface area contributed by atoms with Gasteiger partial charge in [-0.25, -0.2) is 23.2 Å². The van der Waals surface area contributed by atoms with Gasteiger partial charge in [0.15, 0.2) is 0 Å². The molecule has 3 heterocycles. The molecule has 10 nitrogen and oxygen atoms in total. The van der Waals surface area contributed by atoms with Gasteiger partial charge in [0.1, 0.15) is 29.9 Å². The Morgan fingerprint density at radius 1 is 1.07 bits per heavy atom. The largest absolute Gasteiger partial charge is 0.383 e. The van der Waals surface area contributed by atoms with E-state index in [-0.39, 0.29) is 24.3 Å². The Bertz CT molecular complexity index is 1650. The summed E-state index contributed by atoms with van der Waals surface area (Å²) in [6.07, 6.45) is 8.51. The van der Waals surface area contributed by atoms with Crippen LogP contribution in [0.5, 0.6) is 0 Å². The highest BCUT2D eigenvalue weighted by Gasteiger charge is 2.38. The van der Waals surface area contributed by atoms with E-state index in [2.05, 4.69) is 25.5 Å². The topological polar surface area (TPSA) is 117 Å². The molecule has 0 aliphatic heterocycles. The van der Waals surface area contributed by atoms with E-state index >= 15 is 0 Å². The van der Waals surface area contributed by atoms with E-state index in [0.29, 0.717) is 17.8 Å². The molecule has 0 amide bonds. The summed E-state index contributed by atoms with van der Waals surface area (Å²) >= 11 is 0. The molecule has 204 valence electrons. The van der Waals surface area contributed by atoms with Crippen molar-refractivity contribution in [3.8, 4) is 5.69 Å². The Morgan fingerprint density at radius 3 is 2.60 bits per heavy atom. The Morgan fingerprint density at radius 2 is 1.90 bits per heavy atom. The average molecular weight is 545 g/mol. The summed E-state index contributed by atoms with van der Waals surface area (Å²) in [6, 6.07) is 15.7. The Balaban J connectivity index is 1.29. The van der Waals surface area contributed by atoms with Crippen LogP contribution in [0.2, 0.25) is 0 Å². The highest BCUT2D eigenvalue weighted by Crippen LogP contribution is 2.35. The van der Waals surface area contributed by atoms with Gasteiger partial charge in [-0.3, -0.25) is 4.98 Å². The van der Waals surface area contributed by atoms with Crippen molar-refractivity contribution in [3.63, 3.8) is 0 Å². The maximum absolute atomic E-state index is 14.7. The average Bonchev–Trinajstić information content (AvgIpc) is 3.59. The number of tetrazole rings is 1. The summed E-state index contributed by atoms with van der Waals surface area (Å²) in [5.74, 6) is -2.03. The van der Waals surface area contributed by atoms with Crippen LogP contribution in [0.1, 0.15) is 30.2 Å². The summed E-state index contributed by atoms with van der Waals surface area (Å²) in [7, 11) is 0. The van der Waals surface area contributed by atoms with Crippen molar-refractivity contribution in [1.29, 1.82) is 0 Å². The second kappa shape index (κ2) is 11.5. The molecule has 0 aliphatic rings. The number of nitrogens with zero attached hydrogens (tertiary/aromatic N) is 8. The minimum Gasteiger partial charge on any atom is -0.383 e. The monoisotopic (exact) mass is 544 g/mol. The van der Waals surface area contributed by atoms with E-state index in [4.69, 9.17) is 0 Å². The fourth-order valence-corrected chi connectivity index (χ4v) is 4.42. The van der Waals surface area contributed by atoms with Crippen molar-refractivity contribution in [3.05, 3.63) is 125 Å². The van der Waals surface area contributed by atoms with E-state index in [9.17, 15) is 18.7 Å². The molecule has 5 rings (SSSR count). The number of benzene rings is 2. The molecule has 0 spiro atoms. The Kier molecular flexibility index (Phi) is 7.69. The third-order valence-corrected chi connectivity index (χ3v) is 6.70. The SMILES string of the molecule is C[C@@H](C/C=C/c1ccc(-n2nnn(Cc3ccccn3)c2=O)cc1)[C@](O)(Cn1cncn1)c1ccc(F)cc1F. The second-order valence-electron chi connectivity index (χ2n) is 9.42. The van der Waals surface area contributed by atoms with Gasteiger partial charge in [0.05, 0.1) is 24.5 Å². The van der Waals surface area contributed by atoms with Crippen LogP contribution >= 0.6 is 0 Å². The lowest BCUT2D eigenvalue weighted by Crippen LogP contribution is -2.39. The van der Waals surface area contributed by atoms with Gasteiger partial charge in [-0.05, 0) is 58.7 Å². The van der Waals surface area contributed by atoms with Gasteiger partial charge >= 0.3 is 5.69 Å². The third-order valence-electron chi connectivity index (χ3n) is 6.70. The molecule has 0 unspecified atom stereocenters. The van der Waals surface area contributed by atoms with E-state index in [1.807, 2.05) is 30.4 Å². The number of halogens is 2. The van der Waals surface area contributed by atoms with Gasteiger partial charge < -0.3 is 5.11 Å². The fraction of sp³-hybridized carbons (Fsp3) is 0.214. The molecule has 0 aliphatic carbocycles. The van der Waals surface area contributed by atoms with Crippen LogP contribution < -0.4 is 5.69 Å². The third kappa shape index (κ3) is 5.76. The minimum absolute atomic E-state index is 0.0174. The molecule has 0 fully saturated rings. The quantitative estimate of drug-likeness (QED) is 0.287. The van der Waals surface area contributed by atoms with Crippen LogP contribution in [0, 0.1) is 17.6 Å². The fourth-order valence-electron chi connectivity index (χ4n) is 4.42. The lowest BCUT2D eigenvalue weighted by molar-refractivity contribution is -0.0379. The molecule has 0 saturated carbocycles. The minimum atomic E-state index is -1.68. The zero-order valence-corrected chi connectivity index (χ0v) is 21.5. The van der Waals surface area contributed by atoms with Crippen LogP contribution in [0.15, 0.2) is 90.4 Å². The van der Waals surface area contributed by atoms with Gasteiger partial charge in [0, 0.05) is 17.8 Å². The van der Waals surface area contributed by atoms with Crippen LogP contribution in [0.3, 0.4) is 0 Å². The van der Waals surface area contributed by atoms with E-state index in [1.54, 1.807) is 37.4 Å². The number of rotatable bonds is 10. The highest BCUT2D eigenvalue weighted by molar-refractivity contribution is 5.51. The standard InChI is InChI=1S/C28H26F2N8O2/c1-20(28(40,17-36-19-31-18-33-36)25-13-10-22(29)15-26(25)30)5-4-6-21-8-11-24(12-9-21)38-27(39)37(34-35-38)16-23-7-2-3-14-32-23/h2-4,6-15,18-20,40H,5,16-17H2,1H3/b6-4+/t20-,28+/m0/s1. The van der Waals surface area contributed by atoms with Gasteiger partial charge in [-0.15, -0.1) is 0 Å². The maximum Gasteiger partial charge on any atom is 0.368 e. The predicted molar refractivity (Wildman–Crippen MR) is 142 cm³/mol. The van der Waals surface area contributed by atoms with E-state index in [0.717, 1.165) is 17.7 Å². The number of pyridine rings is 1. The van der Waals surface area contributed by atoms with Gasteiger partial charge in [-0.1, -0.05) is 43.3 Å². The molecule has 3 aromatic heterocycles. The van der Waals surface area contributed by atoms with Crippen molar-refractivity contribution in [2.45, 2.75) is 32.0 Å². The maximum atomic E-state index is 14.7. The molecule has 40 heavy (non-hydrogen) atoms. The summed E-state index contributed by atoms with van der Waals surface area (Å²) < 4.78 is 32.2. The number of aliphatic hydroxyl groups is 1. The van der Waals surface area contributed by atoms with Crippen molar-refractivity contribution < 1.29 is 13.9 Å².